The summed E-state index contributed by atoms with van der Waals surface area (Å²) in [4.78, 5) is 14.6. The highest BCUT2D eigenvalue weighted by atomic mass is 35.5. The highest BCUT2D eigenvalue weighted by molar-refractivity contribution is 6.31. The van der Waals surface area contributed by atoms with Gasteiger partial charge < -0.3 is 19.8 Å². The molecule has 3 aromatic rings. The van der Waals surface area contributed by atoms with E-state index in [1.807, 2.05) is 24.3 Å². The number of fused-ring (bicyclic) bond motifs is 1. The molecule has 1 aliphatic rings. The van der Waals surface area contributed by atoms with Crippen LogP contribution in [0.1, 0.15) is 33.2 Å². The molecule has 4 rings (SSSR count). The zero-order chi connectivity index (χ0) is 20.7. The van der Waals surface area contributed by atoms with Gasteiger partial charge in [0.05, 0.1) is 19.8 Å². The number of hydrogen-bond donors (Lipinski definition) is 3. The number of β-amino-alcohol motifs (C(OH)–C–C–N with tert-alkyl or cyclic N) is 1. The van der Waals surface area contributed by atoms with Crippen LogP contribution in [-0.2, 0) is 0 Å². The molecule has 1 aliphatic heterocycles. The molecule has 2 heterocycles. The van der Waals surface area contributed by atoms with Crippen LogP contribution in [0.2, 0.25) is 5.02 Å². The van der Waals surface area contributed by atoms with Crippen LogP contribution < -0.4 is 4.74 Å². The standard InChI is InChI=1S/C21H20ClN3O4/c1-11-8-16(27)14(10-15(11)22)18-17-19(24-23-18)21(28)25(6-7-26)20(17)12-4-3-5-13(9-12)29-2/h3-5,8-10,20,26-27H,6-7H2,1-2H3,(H,23,24)/t20-/m0/s1. The molecule has 0 saturated carbocycles. The van der Waals surface area contributed by atoms with E-state index in [2.05, 4.69) is 10.2 Å². The van der Waals surface area contributed by atoms with Crippen molar-refractivity contribution in [3.05, 3.63) is 63.8 Å². The molecule has 29 heavy (non-hydrogen) atoms. The lowest BCUT2D eigenvalue weighted by molar-refractivity contribution is 0.0706. The molecule has 7 nitrogen and oxygen atoms in total. The molecular weight excluding hydrogens is 394 g/mol. The number of phenolic OH excluding ortho intramolecular Hbond substituents is 1. The second-order valence-corrected chi connectivity index (χ2v) is 7.29. The van der Waals surface area contributed by atoms with Gasteiger partial charge in [-0.1, -0.05) is 23.7 Å². The number of aliphatic hydroxyl groups is 1. The quantitative estimate of drug-likeness (QED) is 0.596. The van der Waals surface area contributed by atoms with E-state index in [0.717, 1.165) is 11.1 Å². The molecule has 0 bridgehead atoms. The van der Waals surface area contributed by atoms with E-state index in [0.29, 0.717) is 33.3 Å². The number of aromatic amines is 1. The number of carbonyl (C=O) groups is 1. The van der Waals surface area contributed by atoms with Crippen molar-refractivity contribution in [3.63, 3.8) is 0 Å². The maximum atomic E-state index is 13.0. The number of hydrogen-bond acceptors (Lipinski definition) is 5. The van der Waals surface area contributed by atoms with Crippen LogP contribution in [0, 0.1) is 6.92 Å². The largest absolute Gasteiger partial charge is 0.507 e. The topological polar surface area (TPSA) is 98.7 Å². The number of carbonyl (C=O) groups excluding carboxylic acids is 1. The van der Waals surface area contributed by atoms with Crippen molar-refractivity contribution < 1.29 is 19.7 Å². The number of nitrogens with zero attached hydrogens (tertiary/aromatic N) is 2. The van der Waals surface area contributed by atoms with Crippen molar-refractivity contribution in [2.75, 3.05) is 20.3 Å². The third-order valence-corrected chi connectivity index (χ3v) is 5.55. The van der Waals surface area contributed by atoms with Gasteiger partial charge >= 0.3 is 0 Å². The number of amides is 1. The Hall–Kier alpha value is -3.03. The minimum absolute atomic E-state index is 0.0265. The minimum Gasteiger partial charge on any atom is -0.507 e. The molecule has 1 aromatic heterocycles. The second-order valence-electron chi connectivity index (χ2n) is 6.88. The Kier molecular flexibility index (Phi) is 4.94. The first-order valence-corrected chi connectivity index (χ1v) is 9.47. The van der Waals surface area contributed by atoms with Crippen LogP contribution in [0.25, 0.3) is 11.3 Å². The first-order chi connectivity index (χ1) is 14.0. The maximum Gasteiger partial charge on any atom is 0.273 e. The molecule has 3 N–H and O–H groups in total. The van der Waals surface area contributed by atoms with Gasteiger partial charge in [0.2, 0.25) is 0 Å². The Morgan fingerprint density at radius 3 is 2.83 bits per heavy atom. The molecule has 0 radical (unpaired) electrons. The van der Waals surface area contributed by atoms with E-state index in [1.54, 1.807) is 31.1 Å². The number of nitrogens with one attached hydrogen (secondary N) is 1. The fourth-order valence-electron chi connectivity index (χ4n) is 3.75. The van der Waals surface area contributed by atoms with Crippen molar-refractivity contribution in [1.82, 2.24) is 15.1 Å². The fourth-order valence-corrected chi connectivity index (χ4v) is 3.92. The number of benzene rings is 2. The molecule has 0 unspecified atom stereocenters. The first kappa shape index (κ1) is 19.3. The van der Waals surface area contributed by atoms with Gasteiger partial charge in [-0.3, -0.25) is 9.89 Å². The number of halogens is 1. The summed E-state index contributed by atoms with van der Waals surface area (Å²) in [6, 6.07) is 10.1. The number of ether oxygens (including phenoxy) is 1. The predicted octanol–water partition coefficient (Wildman–Crippen LogP) is 3.29. The third kappa shape index (κ3) is 3.12. The van der Waals surface area contributed by atoms with Gasteiger partial charge in [0.15, 0.2) is 0 Å². The molecular formula is C21H20ClN3O4. The molecule has 2 aromatic carbocycles. The summed E-state index contributed by atoms with van der Waals surface area (Å²) < 4.78 is 5.34. The van der Waals surface area contributed by atoms with Gasteiger partial charge in [-0.15, -0.1) is 0 Å². The molecule has 0 spiro atoms. The van der Waals surface area contributed by atoms with E-state index < -0.39 is 6.04 Å². The van der Waals surface area contributed by atoms with Crippen LogP contribution in [0.3, 0.4) is 0 Å². The lowest BCUT2D eigenvalue weighted by atomic mass is 9.95. The Labute approximate surface area is 172 Å². The number of aromatic nitrogens is 2. The SMILES string of the molecule is COc1cccc([C@H]2c3c(-c4cc(Cl)c(C)cc4O)n[nH]c3C(=O)N2CCO)c1. The number of rotatable bonds is 5. The summed E-state index contributed by atoms with van der Waals surface area (Å²) in [7, 11) is 1.57. The van der Waals surface area contributed by atoms with Crippen LogP contribution in [0.5, 0.6) is 11.5 Å². The zero-order valence-electron chi connectivity index (χ0n) is 15.9. The molecule has 8 heteroatoms. The van der Waals surface area contributed by atoms with Gasteiger partial charge in [-0.25, -0.2) is 0 Å². The van der Waals surface area contributed by atoms with Crippen molar-refractivity contribution in [1.29, 1.82) is 0 Å². The number of aliphatic hydroxyl groups excluding tert-OH is 1. The van der Waals surface area contributed by atoms with Crippen molar-refractivity contribution in [2.45, 2.75) is 13.0 Å². The Morgan fingerprint density at radius 1 is 1.31 bits per heavy atom. The summed E-state index contributed by atoms with van der Waals surface area (Å²) in [5.41, 5.74) is 3.39. The summed E-state index contributed by atoms with van der Waals surface area (Å²) >= 11 is 6.28. The number of aryl methyl sites for hydroxylation is 1. The van der Waals surface area contributed by atoms with Crippen LogP contribution >= 0.6 is 11.6 Å². The highest BCUT2D eigenvalue weighted by Gasteiger charge is 2.42. The molecule has 0 fully saturated rings. The van der Waals surface area contributed by atoms with Crippen LogP contribution in [0.15, 0.2) is 36.4 Å². The Balaban J connectivity index is 1.93. The fraction of sp³-hybridized carbons (Fsp3) is 0.238. The molecule has 1 atom stereocenters. The number of H-pyrrole nitrogens is 1. The molecule has 0 saturated heterocycles. The minimum atomic E-state index is -0.493. The number of phenols is 1. The maximum absolute atomic E-state index is 13.0. The van der Waals surface area contributed by atoms with E-state index in [4.69, 9.17) is 16.3 Å². The average Bonchev–Trinajstić information content (AvgIpc) is 3.25. The van der Waals surface area contributed by atoms with Crippen molar-refractivity contribution in [3.8, 4) is 22.8 Å². The van der Waals surface area contributed by atoms with E-state index in [9.17, 15) is 15.0 Å². The zero-order valence-corrected chi connectivity index (χ0v) is 16.7. The summed E-state index contributed by atoms with van der Waals surface area (Å²) in [5.74, 6) is 0.413. The van der Waals surface area contributed by atoms with Crippen molar-refractivity contribution in [2.24, 2.45) is 0 Å². The van der Waals surface area contributed by atoms with Gasteiger partial charge in [-0.05, 0) is 42.3 Å². The smallest absolute Gasteiger partial charge is 0.273 e. The van der Waals surface area contributed by atoms with Crippen molar-refractivity contribution >= 4 is 17.5 Å². The van der Waals surface area contributed by atoms with E-state index in [-0.39, 0.29) is 24.8 Å². The third-order valence-electron chi connectivity index (χ3n) is 5.15. The lowest BCUT2D eigenvalue weighted by Crippen LogP contribution is -2.32. The van der Waals surface area contributed by atoms with Gasteiger partial charge in [0, 0.05) is 22.7 Å². The molecule has 1 amide bonds. The molecule has 150 valence electrons. The average molecular weight is 414 g/mol. The van der Waals surface area contributed by atoms with Gasteiger partial charge in [0.25, 0.3) is 5.91 Å². The normalized spacial score (nSPS) is 15.7. The highest BCUT2D eigenvalue weighted by Crippen LogP contribution is 2.45. The van der Waals surface area contributed by atoms with Crippen LogP contribution in [0.4, 0.5) is 0 Å². The van der Waals surface area contributed by atoms with Gasteiger partial charge in [0.1, 0.15) is 22.9 Å². The van der Waals surface area contributed by atoms with E-state index in [1.165, 1.54) is 0 Å². The Bertz CT molecular complexity index is 1100. The summed E-state index contributed by atoms with van der Waals surface area (Å²) in [6.45, 7) is 1.77. The Morgan fingerprint density at radius 2 is 2.10 bits per heavy atom. The number of aromatic hydroxyl groups is 1. The van der Waals surface area contributed by atoms with E-state index >= 15 is 0 Å². The van der Waals surface area contributed by atoms with Gasteiger partial charge in [-0.2, -0.15) is 5.10 Å². The summed E-state index contributed by atoms with van der Waals surface area (Å²) in [6.07, 6.45) is 0. The lowest BCUT2D eigenvalue weighted by Gasteiger charge is -2.26. The predicted molar refractivity (Wildman–Crippen MR) is 108 cm³/mol. The molecule has 0 aliphatic carbocycles. The van der Waals surface area contributed by atoms with Crippen LogP contribution in [-0.4, -0.2) is 51.5 Å². The monoisotopic (exact) mass is 413 g/mol. The first-order valence-electron chi connectivity index (χ1n) is 9.09. The summed E-state index contributed by atoms with van der Waals surface area (Å²) in [5, 5.41) is 27.7. The second kappa shape index (κ2) is 7.42. The number of methoxy groups -OCH3 is 1.